The van der Waals surface area contributed by atoms with Crippen molar-refractivity contribution in [1.29, 1.82) is 0 Å². The first-order valence-corrected chi connectivity index (χ1v) is 7.95. The average molecular weight is 316 g/mol. The predicted molar refractivity (Wildman–Crippen MR) is 86.1 cm³/mol. The van der Waals surface area contributed by atoms with Crippen LogP contribution in [0.1, 0.15) is 24.2 Å². The van der Waals surface area contributed by atoms with Gasteiger partial charge < -0.3 is 4.42 Å². The summed E-state index contributed by atoms with van der Waals surface area (Å²) in [4.78, 5) is 7.71. The maximum Gasteiger partial charge on any atom is 0.236 e. The topological polar surface area (TPSA) is 29.3 Å². The Kier molecular flexibility index (Phi) is 4.36. The highest BCUT2D eigenvalue weighted by atomic mass is 32.1. The minimum atomic E-state index is -0.212. The van der Waals surface area contributed by atoms with E-state index < -0.39 is 0 Å². The van der Waals surface area contributed by atoms with Crippen LogP contribution in [0.15, 0.2) is 52.5 Å². The van der Waals surface area contributed by atoms with Crippen molar-refractivity contribution in [1.82, 2.24) is 9.88 Å². The van der Waals surface area contributed by atoms with E-state index in [1.165, 1.54) is 12.1 Å². The lowest BCUT2D eigenvalue weighted by atomic mass is 10.1. The summed E-state index contributed by atoms with van der Waals surface area (Å²) in [5, 5.41) is 2.00. The highest BCUT2D eigenvalue weighted by Crippen LogP contribution is 2.25. The summed E-state index contributed by atoms with van der Waals surface area (Å²) in [6.07, 6.45) is 1.70. The van der Waals surface area contributed by atoms with Gasteiger partial charge in [-0.05, 0) is 43.1 Å². The van der Waals surface area contributed by atoms with Crippen LogP contribution in [0.4, 0.5) is 4.39 Å². The molecule has 0 aliphatic heterocycles. The summed E-state index contributed by atoms with van der Waals surface area (Å²) >= 11 is 1.61. The molecule has 0 saturated heterocycles. The third-order valence-corrected chi connectivity index (χ3v) is 4.57. The first-order valence-electron chi connectivity index (χ1n) is 7.07. The van der Waals surface area contributed by atoms with Gasteiger partial charge in [0.2, 0.25) is 5.89 Å². The molecule has 0 bridgehead atoms. The molecule has 1 unspecified atom stereocenters. The Morgan fingerprint density at radius 2 is 2.05 bits per heavy atom. The van der Waals surface area contributed by atoms with Gasteiger partial charge in [0, 0.05) is 12.6 Å². The zero-order valence-electron chi connectivity index (χ0n) is 12.5. The molecule has 0 saturated carbocycles. The van der Waals surface area contributed by atoms with Crippen molar-refractivity contribution in [3.8, 4) is 10.8 Å². The molecule has 3 nitrogen and oxygen atoms in total. The molecule has 0 N–H and O–H groups in total. The van der Waals surface area contributed by atoms with Crippen molar-refractivity contribution in [2.24, 2.45) is 0 Å². The fourth-order valence-corrected chi connectivity index (χ4v) is 2.94. The van der Waals surface area contributed by atoms with Gasteiger partial charge in [0.05, 0.1) is 10.6 Å². The van der Waals surface area contributed by atoms with Crippen LogP contribution >= 0.6 is 11.3 Å². The molecular formula is C17H17FN2OS. The Morgan fingerprint density at radius 3 is 2.73 bits per heavy atom. The first-order chi connectivity index (χ1) is 10.6. The second-order valence-corrected chi connectivity index (χ2v) is 6.21. The molecule has 0 aliphatic rings. The predicted octanol–water partition coefficient (Wildman–Crippen LogP) is 4.74. The molecule has 0 fully saturated rings. The van der Waals surface area contributed by atoms with E-state index in [9.17, 15) is 4.39 Å². The maximum atomic E-state index is 13.0. The van der Waals surface area contributed by atoms with E-state index in [1.807, 2.05) is 36.7 Å². The summed E-state index contributed by atoms with van der Waals surface area (Å²) < 4.78 is 18.5. The van der Waals surface area contributed by atoms with Crippen LogP contribution in [0, 0.1) is 5.82 Å². The lowest BCUT2D eigenvalue weighted by Crippen LogP contribution is -2.22. The lowest BCUT2D eigenvalue weighted by Gasteiger charge is -2.24. The highest BCUT2D eigenvalue weighted by molar-refractivity contribution is 7.13. The number of rotatable bonds is 5. The van der Waals surface area contributed by atoms with E-state index in [1.54, 1.807) is 17.6 Å². The Morgan fingerprint density at radius 1 is 1.27 bits per heavy atom. The first kappa shape index (κ1) is 14.9. The van der Waals surface area contributed by atoms with Gasteiger partial charge in [0.15, 0.2) is 0 Å². The monoisotopic (exact) mass is 316 g/mol. The third-order valence-electron chi connectivity index (χ3n) is 3.71. The van der Waals surface area contributed by atoms with Gasteiger partial charge in [-0.15, -0.1) is 11.3 Å². The van der Waals surface area contributed by atoms with Crippen LogP contribution < -0.4 is 0 Å². The van der Waals surface area contributed by atoms with Crippen LogP contribution in [-0.2, 0) is 6.54 Å². The number of oxazole rings is 1. The molecule has 3 aromatic rings. The second kappa shape index (κ2) is 6.42. The molecule has 22 heavy (non-hydrogen) atoms. The number of benzene rings is 1. The van der Waals surface area contributed by atoms with Gasteiger partial charge in [-0.2, -0.15) is 0 Å². The molecule has 114 valence electrons. The molecule has 0 amide bonds. The van der Waals surface area contributed by atoms with E-state index in [2.05, 4.69) is 16.8 Å². The van der Waals surface area contributed by atoms with Crippen molar-refractivity contribution in [3.63, 3.8) is 0 Å². The number of hydrogen-bond donors (Lipinski definition) is 0. The summed E-state index contributed by atoms with van der Waals surface area (Å²) in [6, 6.07) is 10.8. The van der Waals surface area contributed by atoms with Crippen molar-refractivity contribution >= 4 is 11.3 Å². The largest absolute Gasteiger partial charge is 0.444 e. The van der Waals surface area contributed by atoms with Crippen LogP contribution in [0.5, 0.6) is 0 Å². The average Bonchev–Trinajstić information content (AvgIpc) is 3.18. The van der Waals surface area contributed by atoms with E-state index in [0.717, 1.165) is 16.1 Å². The summed E-state index contributed by atoms with van der Waals surface area (Å²) in [7, 11) is 2.02. The lowest BCUT2D eigenvalue weighted by molar-refractivity contribution is 0.250. The molecule has 1 aromatic carbocycles. The molecule has 0 spiro atoms. The normalized spacial score (nSPS) is 12.7. The van der Waals surface area contributed by atoms with Gasteiger partial charge in [0.1, 0.15) is 12.1 Å². The zero-order chi connectivity index (χ0) is 15.5. The van der Waals surface area contributed by atoms with Crippen molar-refractivity contribution in [2.45, 2.75) is 19.5 Å². The number of halogens is 1. The highest BCUT2D eigenvalue weighted by Gasteiger charge is 2.15. The van der Waals surface area contributed by atoms with Crippen molar-refractivity contribution in [3.05, 3.63) is 65.1 Å². The van der Waals surface area contributed by atoms with Gasteiger partial charge in [-0.1, -0.05) is 18.2 Å². The molecule has 0 radical (unpaired) electrons. The fourth-order valence-electron chi connectivity index (χ4n) is 2.28. The second-order valence-electron chi connectivity index (χ2n) is 5.26. The van der Waals surface area contributed by atoms with Gasteiger partial charge in [-0.25, -0.2) is 9.37 Å². The molecule has 1 atom stereocenters. The van der Waals surface area contributed by atoms with E-state index in [0.29, 0.717) is 12.4 Å². The van der Waals surface area contributed by atoms with Crippen LogP contribution in [0.3, 0.4) is 0 Å². The Hall–Kier alpha value is -1.98. The van der Waals surface area contributed by atoms with Crippen LogP contribution in [0.2, 0.25) is 0 Å². The summed E-state index contributed by atoms with van der Waals surface area (Å²) in [5.74, 6) is 0.448. The molecule has 3 rings (SSSR count). The van der Waals surface area contributed by atoms with E-state index in [4.69, 9.17) is 4.42 Å². The molecule has 5 heteroatoms. The number of thiophene rings is 1. The molecule has 2 aromatic heterocycles. The third kappa shape index (κ3) is 3.26. The van der Waals surface area contributed by atoms with Crippen LogP contribution in [0.25, 0.3) is 10.8 Å². The Balaban J connectivity index is 1.68. The smallest absolute Gasteiger partial charge is 0.236 e. The summed E-state index contributed by atoms with van der Waals surface area (Å²) in [6.45, 7) is 2.76. The minimum absolute atomic E-state index is 0.169. The molecular weight excluding hydrogens is 299 g/mol. The minimum Gasteiger partial charge on any atom is -0.444 e. The van der Waals surface area contributed by atoms with Gasteiger partial charge in [-0.3, -0.25) is 4.90 Å². The number of aromatic nitrogens is 1. The SMILES string of the molecule is CC(c1ccc(F)cc1)N(C)Cc1coc(-c2cccs2)n1. The van der Waals surface area contributed by atoms with E-state index >= 15 is 0 Å². The standard InChI is InChI=1S/C17H17FN2OS/c1-12(13-5-7-14(18)8-6-13)20(2)10-15-11-21-17(19-15)16-4-3-9-22-16/h3-9,11-12H,10H2,1-2H3. The number of nitrogens with zero attached hydrogens (tertiary/aromatic N) is 2. The zero-order valence-corrected chi connectivity index (χ0v) is 13.3. The molecule has 0 aliphatic carbocycles. The van der Waals surface area contributed by atoms with Crippen molar-refractivity contribution < 1.29 is 8.81 Å². The van der Waals surface area contributed by atoms with Crippen molar-refractivity contribution in [2.75, 3.05) is 7.05 Å². The quantitative estimate of drug-likeness (QED) is 0.681. The maximum absolute atomic E-state index is 13.0. The Labute approximate surface area is 133 Å². The molecule has 2 heterocycles. The number of hydrogen-bond acceptors (Lipinski definition) is 4. The van der Waals surface area contributed by atoms with Gasteiger partial charge >= 0.3 is 0 Å². The van der Waals surface area contributed by atoms with E-state index in [-0.39, 0.29) is 11.9 Å². The Bertz CT molecular complexity index is 721. The van der Waals surface area contributed by atoms with Gasteiger partial charge in [0.25, 0.3) is 0 Å². The van der Waals surface area contributed by atoms with Crippen LogP contribution in [-0.4, -0.2) is 16.9 Å². The fraction of sp³-hybridized carbons (Fsp3) is 0.235. The summed E-state index contributed by atoms with van der Waals surface area (Å²) in [5.41, 5.74) is 1.96.